The van der Waals surface area contributed by atoms with E-state index in [0.29, 0.717) is 18.4 Å². The van der Waals surface area contributed by atoms with E-state index < -0.39 is 11.9 Å². The molecular weight excluding hydrogens is 232 g/mol. The fraction of sp³-hybridized carbons (Fsp3) is 0.714. The van der Waals surface area contributed by atoms with Crippen LogP contribution in [0.25, 0.3) is 0 Å². The minimum Gasteiger partial charge on any atom is -0.478 e. The molecule has 0 aromatic carbocycles. The van der Waals surface area contributed by atoms with Gasteiger partial charge in [0.1, 0.15) is 0 Å². The van der Waals surface area contributed by atoms with Crippen LogP contribution in [0.2, 0.25) is 0 Å². The largest absolute Gasteiger partial charge is 0.478 e. The lowest BCUT2D eigenvalue weighted by Gasteiger charge is -2.15. The van der Waals surface area contributed by atoms with Crippen LogP contribution >= 0.6 is 0 Å². The first-order valence-corrected chi connectivity index (χ1v) is 6.41. The van der Waals surface area contributed by atoms with E-state index in [0.717, 1.165) is 0 Å². The third kappa shape index (κ3) is 5.84. The molecule has 0 aliphatic carbocycles. The monoisotopic (exact) mass is 256 g/mol. The van der Waals surface area contributed by atoms with Crippen molar-refractivity contribution in [2.45, 2.75) is 47.5 Å². The Morgan fingerprint density at radius 2 is 1.44 bits per heavy atom. The molecule has 0 aliphatic heterocycles. The van der Waals surface area contributed by atoms with Crippen LogP contribution in [-0.2, 0) is 14.3 Å². The van der Waals surface area contributed by atoms with Crippen LogP contribution in [0.4, 0.5) is 0 Å². The van der Waals surface area contributed by atoms with Gasteiger partial charge in [-0.1, -0.05) is 27.7 Å². The van der Waals surface area contributed by atoms with Crippen LogP contribution < -0.4 is 0 Å². The lowest BCUT2D eigenvalue weighted by atomic mass is 9.93. The molecule has 0 saturated heterocycles. The third-order valence-electron chi connectivity index (χ3n) is 2.37. The van der Waals surface area contributed by atoms with Crippen molar-refractivity contribution in [3.8, 4) is 0 Å². The summed E-state index contributed by atoms with van der Waals surface area (Å²) in [5.74, 6) is -1.12. The van der Waals surface area contributed by atoms with E-state index >= 15 is 0 Å². The Morgan fingerprint density at radius 1 is 1.00 bits per heavy atom. The van der Waals surface area contributed by atoms with E-state index in [2.05, 4.69) is 0 Å². The molecule has 0 aliphatic rings. The molecule has 18 heavy (non-hydrogen) atoms. The van der Waals surface area contributed by atoms with Crippen molar-refractivity contribution in [2.24, 2.45) is 11.8 Å². The summed E-state index contributed by atoms with van der Waals surface area (Å²) in [5, 5.41) is 9.26. The summed E-state index contributed by atoms with van der Waals surface area (Å²) >= 11 is 0. The Hall–Kier alpha value is -1.32. The smallest absolute Gasteiger partial charge is 0.334 e. The number of carboxylic acid groups (broad SMARTS) is 1. The lowest BCUT2D eigenvalue weighted by Crippen LogP contribution is -2.17. The fourth-order valence-corrected chi connectivity index (χ4v) is 1.70. The van der Waals surface area contributed by atoms with Gasteiger partial charge in [0.05, 0.1) is 6.61 Å². The quantitative estimate of drug-likeness (QED) is 0.561. The van der Waals surface area contributed by atoms with Gasteiger partial charge >= 0.3 is 11.9 Å². The Bertz CT molecular complexity index is 327. The van der Waals surface area contributed by atoms with Gasteiger partial charge in [-0.25, -0.2) is 9.59 Å². The normalized spacial score (nSPS) is 12.6. The van der Waals surface area contributed by atoms with Gasteiger partial charge in [-0.3, -0.25) is 0 Å². The maximum absolute atomic E-state index is 11.9. The van der Waals surface area contributed by atoms with E-state index in [4.69, 9.17) is 4.74 Å². The molecule has 0 heterocycles. The number of ether oxygens (including phenoxy) is 1. The van der Waals surface area contributed by atoms with E-state index in [1.807, 2.05) is 27.7 Å². The fourth-order valence-electron chi connectivity index (χ4n) is 1.70. The standard InChI is InChI=1S/C14H24O4/c1-6-18-14(17)12(8-10(4)5)11(13(15)16)7-9(2)3/h9-10H,6-8H2,1-5H3,(H,15,16)/b12-11-. The molecule has 0 atom stereocenters. The first kappa shape index (κ1) is 16.7. The summed E-state index contributed by atoms with van der Waals surface area (Å²) in [4.78, 5) is 23.2. The van der Waals surface area contributed by atoms with Crippen molar-refractivity contribution in [2.75, 3.05) is 6.61 Å². The van der Waals surface area contributed by atoms with Gasteiger partial charge in [-0.2, -0.15) is 0 Å². The number of hydrogen-bond donors (Lipinski definition) is 1. The van der Waals surface area contributed by atoms with Crippen molar-refractivity contribution in [1.82, 2.24) is 0 Å². The number of aliphatic carboxylic acids is 1. The third-order valence-corrected chi connectivity index (χ3v) is 2.37. The molecule has 4 nitrogen and oxygen atoms in total. The van der Waals surface area contributed by atoms with Gasteiger partial charge in [0.15, 0.2) is 0 Å². The SMILES string of the molecule is CCOC(=O)/C(CC(C)C)=C(/CC(C)C)C(=O)O. The number of carbonyl (C=O) groups excluding carboxylic acids is 1. The zero-order valence-electron chi connectivity index (χ0n) is 11.9. The summed E-state index contributed by atoms with van der Waals surface area (Å²) in [5.41, 5.74) is 0.505. The number of rotatable bonds is 7. The zero-order valence-corrected chi connectivity index (χ0v) is 11.9. The van der Waals surface area contributed by atoms with E-state index in [9.17, 15) is 14.7 Å². The molecule has 0 saturated carbocycles. The second-order valence-electron chi connectivity index (χ2n) is 5.18. The molecule has 0 fully saturated rings. The van der Waals surface area contributed by atoms with Crippen LogP contribution in [0, 0.1) is 11.8 Å². The highest BCUT2D eigenvalue weighted by Gasteiger charge is 2.23. The molecule has 0 spiro atoms. The Kier molecular flexibility index (Phi) is 7.32. The number of hydrogen-bond acceptors (Lipinski definition) is 3. The zero-order chi connectivity index (χ0) is 14.3. The van der Waals surface area contributed by atoms with E-state index in [-0.39, 0.29) is 24.0 Å². The van der Waals surface area contributed by atoms with E-state index in [1.165, 1.54) is 0 Å². The van der Waals surface area contributed by atoms with Gasteiger partial charge in [-0.05, 0) is 31.6 Å². The Labute approximate surface area is 109 Å². The average Bonchev–Trinajstić information content (AvgIpc) is 2.22. The second kappa shape index (κ2) is 7.90. The summed E-state index contributed by atoms with van der Waals surface area (Å²) in [6, 6.07) is 0. The molecule has 0 rings (SSSR count). The van der Waals surface area contributed by atoms with Gasteiger partial charge in [0.25, 0.3) is 0 Å². The molecule has 0 unspecified atom stereocenters. The van der Waals surface area contributed by atoms with E-state index in [1.54, 1.807) is 6.92 Å². The summed E-state index contributed by atoms with van der Waals surface area (Å²) in [6.07, 6.45) is 0.823. The maximum atomic E-state index is 11.9. The van der Waals surface area contributed by atoms with Gasteiger partial charge in [-0.15, -0.1) is 0 Å². The van der Waals surface area contributed by atoms with Crippen molar-refractivity contribution in [1.29, 1.82) is 0 Å². The first-order valence-electron chi connectivity index (χ1n) is 6.41. The summed E-state index contributed by atoms with van der Waals surface area (Å²) in [7, 11) is 0. The molecular formula is C14H24O4. The first-order chi connectivity index (χ1) is 8.29. The van der Waals surface area contributed by atoms with Crippen LogP contribution in [0.1, 0.15) is 47.5 Å². The lowest BCUT2D eigenvalue weighted by molar-refractivity contribution is -0.140. The highest BCUT2D eigenvalue weighted by Crippen LogP contribution is 2.22. The van der Waals surface area contributed by atoms with Gasteiger partial charge in [0.2, 0.25) is 0 Å². The topological polar surface area (TPSA) is 63.6 Å². The molecule has 0 amide bonds. The Morgan fingerprint density at radius 3 is 1.78 bits per heavy atom. The molecule has 104 valence electrons. The number of carboxylic acids is 1. The van der Waals surface area contributed by atoms with Crippen LogP contribution in [0.3, 0.4) is 0 Å². The molecule has 4 heteroatoms. The van der Waals surface area contributed by atoms with Crippen molar-refractivity contribution >= 4 is 11.9 Å². The highest BCUT2D eigenvalue weighted by molar-refractivity contribution is 5.99. The summed E-state index contributed by atoms with van der Waals surface area (Å²) < 4.78 is 4.96. The second-order valence-corrected chi connectivity index (χ2v) is 5.18. The molecule has 0 bridgehead atoms. The predicted molar refractivity (Wildman–Crippen MR) is 70.2 cm³/mol. The Balaban J connectivity index is 5.39. The minimum atomic E-state index is -1.02. The maximum Gasteiger partial charge on any atom is 0.334 e. The van der Waals surface area contributed by atoms with Crippen LogP contribution in [0.5, 0.6) is 0 Å². The van der Waals surface area contributed by atoms with Crippen LogP contribution in [0.15, 0.2) is 11.1 Å². The molecule has 1 N–H and O–H groups in total. The van der Waals surface area contributed by atoms with Crippen molar-refractivity contribution in [3.63, 3.8) is 0 Å². The highest BCUT2D eigenvalue weighted by atomic mass is 16.5. The minimum absolute atomic E-state index is 0.188. The van der Waals surface area contributed by atoms with Crippen LogP contribution in [-0.4, -0.2) is 23.7 Å². The molecule has 0 radical (unpaired) electrons. The average molecular weight is 256 g/mol. The van der Waals surface area contributed by atoms with Crippen molar-refractivity contribution in [3.05, 3.63) is 11.1 Å². The number of esters is 1. The van der Waals surface area contributed by atoms with Gasteiger partial charge in [0, 0.05) is 11.1 Å². The molecule has 0 aromatic rings. The predicted octanol–water partition coefficient (Wildman–Crippen LogP) is 3.02. The molecule has 0 aromatic heterocycles. The van der Waals surface area contributed by atoms with Gasteiger partial charge < -0.3 is 9.84 Å². The van der Waals surface area contributed by atoms with Crippen molar-refractivity contribution < 1.29 is 19.4 Å². The number of carbonyl (C=O) groups is 2. The summed E-state index contributed by atoms with van der Waals surface area (Å²) in [6.45, 7) is 9.74.